The summed E-state index contributed by atoms with van der Waals surface area (Å²) in [6, 6.07) is 16.3. The van der Waals surface area contributed by atoms with Crippen LogP contribution in [0, 0.1) is 0 Å². The predicted molar refractivity (Wildman–Crippen MR) is 103 cm³/mol. The number of halogens is 4. The van der Waals surface area contributed by atoms with Crippen molar-refractivity contribution in [2.45, 2.75) is 25.4 Å². The van der Waals surface area contributed by atoms with Crippen molar-refractivity contribution in [3.63, 3.8) is 0 Å². The van der Waals surface area contributed by atoms with Gasteiger partial charge in [0, 0.05) is 41.5 Å². The van der Waals surface area contributed by atoms with E-state index in [0.717, 1.165) is 29.4 Å². The predicted octanol–water partition coefficient (Wildman–Crippen LogP) is 5.86. The Bertz CT molecular complexity index is 914. The molecule has 1 aliphatic heterocycles. The molecule has 2 heterocycles. The smallest absolute Gasteiger partial charge is 0.270 e. The lowest BCUT2D eigenvalue weighted by Crippen LogP contribution is -2.21. The van der Waals surface area contributed by atoms with Crippen LogP contribution in [-0.4, -0.2) is 4.57 Å². The van der Waals surface area contributed by atoms with Gasteiger partial charge in [0.2, 0.25) is 0 Å². The zero-order valence-corrected chi connectivity index (χ0v) is 15.6. The van der Waals surface area contributed by atoms with Crippen LogP contribution >= 0.6 is 24.0 Å². The van der Waals surface area contributed by atoms with E-state index < -0.39 is 5.92 Å². The van der Waals surface area contributed by atoms with Crippen molar-refractivity contribution in [3.8, 4) is 5.69 Å². The van der Waals surface area contributed by atoms with Crippen LogP contribution in [0.5, 0.6) is 0 Å². The van der Waals surface area contributed by atoms with Gasteiger partial charge in [-0.25, -0.2) is 8.78 Å². The molecule has 0 bridgehead atoms. The Labute approximate surface area is 162 Å². The molecule has 2 nitrogen and oxygen atoms in total. The summed E-state index contributed by atoms with van der Waals surface area (Å²) in [4.78, 5) is 0. The second-order valence-corrected chi connectivity index (χ2v) is 6.77. The Morgan fingerprint density at radius 1 is 1.08 bits per heavy atom. The zero-order valence-electron chi connectivity index (χ0n) is 14.0. The first kappa shape index (κ1) is 18.9. The van der Waals surface area contributed by atoms with Gasteiger partial charge in [0.1, 0.15) is 0 Å². The van der Waals surface area contributed by atoms with Gasteiger partial charge in [0.05, 0.1) is 11.7 Å². The number of benzene rings is 2. The molecular formula is C20H18Cl2F2N2. The standard InChI is InChI=1S/C20H17ClF2N2.ClH/c1-20(22,23)14-9-7-13(8-10-14)19-18-6-3-11-25(18)17-5-2-4-16(21)15(17)12-24-19;/h2-11,19,24H,12H2,1H3;1H/t19-;/m1./s1. The number of rotatable bonds is 2. The van der Waals surface area contributed by atoms with Crippen molar-refractivity contribution in [3.05, 3.63) is 88.2 Å². The van der Waals surface area contributed by atoms with Crippen molar-refractivity contribution in [1.29, 1.82) is 0 Å². The highest BCUT2D eigenvalue weighted by molar-refractivity contribution is 6.31. The molecule has 0 amide bonds. The minimum absolute atomic E-state index is 0. The molecule has 0 saturated carbocycles. The number of nitrogens with zero attached hydrogens (tertiary/aromatic N) is 1. The average Bonchev–Trinajstić information content (AvgIpc) is 2.99. The van der Waals surface area contributed by atoms with E-state index in [-0.39, 0.29) is 24.0 Å². The van der Waals surface area contributed by atoms with E-state index in [1.165, 1.54) is 12.1 Å². The maximum absolute atomic E-state index is 13.5. The highest BCUT2D eigenvalue weighted by Crippen LogP contribution is 2.34. The molecule has 0 fully saturated rings. The molecule has 0 unspecified atom stereocenters. The van der Waals surface area contributed by atoms with Crippen LogP contribution in [0.1, 0.15) is 35.3 Å². The van der Waals surface area contributed by atoms with E-state index in [9.17, 15) is 8.78 Å². The van der Waals surface area contributed by atoms with Gasteiger partial charge in [-0.15, -0.1) is 12.4 Å². The molecule has 1 aromatic heterocycles. The highest BCUT2D eigenvalue weighted by Gasteiger charge is 2.26. The molecule has 4 rings (SSSR count). The summed E-state index contributed by atoms with van der Waals surface area (Å²) < 4.78 is 29.0. The van der Waals surface area contributed by atoms with Gasteiger partial charge in [0.15, 0.2) is 0 Å². The van der Waals surface area contributed by atoms with Gasteiger partial charge < -0.3 is 9.88 Å². The molecule has 136 valence electrons. The van der Waals surface area contributed by atoms with Crippen molar-refractivity contribution in [2.75, 3.05) is 0 Å². The molecule has 0 saturated heterocycles. The first-order valence-corrected chi connectivity index (χ1v) is 8.49. The monoisotopic (exact) mass is 394 g/mol. The summed E-state index contributed by atoms with van der Waals surface area (Å²) >= 11 is 6.38. The number of alkyl halides is 2. The number of fused-ring (bicyclic) bond motifs is 3. The van der Waals surface area contributed by atoms with Crippen molar-refractivity contribution < 1.29 is 8.78 Å². The Kier molecular flexibility index (Phi) is 5.11. The molecule has 2 aromatic carbocycles. The van der Waals surface area contributed by atoms with Crippen LogP contribution in [0.15, 0.2) is 60.8 Å². The van der Waals surface area contributed by atoms with Gasteiger partial charge >= 0.3 is 0 Å². The van der Waals surface area contributed by atoms with E-state index in [4.69, 9.17) is 11.6 Å². The van der Waals surface area contributed by atoms with Gasteiger partial charge in [-0.2, -0.15) is 0 Å². The van der Waals surface area contributed by atoms with Crippen LogP contribution in [0.4, 0.5) is 8.78 Å². The number of hydrogen-bond acceptors (Lipinski definition) is 1. The molecule has 0 spiro atoms. The molecule has 26 heavy (non-hydrogen) atoms. The Morgan fingerprint density at radius 3 is 2.50 bits per heavy atom. The lowest BCUT2D eigenvalue weighted by Gasteiger charge is -2.19. The molecular weight excluding hydrogens is 377 g/mol. The number of aromatic nitrogens is 1. The molecule has 1 atom stereocenters. The van der Waals surface area contributed by atoms with Crippen LogP contribution in [0.2, 0.25) is 5.02 Å². The number of hydrogen-bond donors (Lipinski definition) is 1. The number of nitrogens with one attached hydrogen (secondary N) is 1. The Hall–Kier alpha value is -1.88. The first-order valence-electron chi connectivity index (χ1n) is 8.12. The van der Waals surface area contributed by atoms with Crippen molar-refractivity contribution in [1.82, 2.24) is 9.88 Å². The van der Waals surface area contributed by atoms with Gasteiger partial charge in [-0.3, -0.25) is 0 Å². The van der Waals surface area contributed by atoms with Crippen molar-refractivity contribution in [2.24, 2.45) is 0 Å². The van der Waals surface area contributed by atoms with Gasteiger partial charge in [-0.1, -0.05) is 41.9 Å². The Balaban J connectivity index is 0.00000196. The van der Waals surface area contributed by atoms with E-state index in [1.54, 1.807) is 12.1 Å². The third kappa shape index (κ3) is 3.25. The molecule has 6 heteroatoms. The van der Waals surface area contributed by atoms with Crippen LogP contribution in [0.25, 0.3) is 5.69 Å². The Morgan fingerprint density at radius 2 is 1.81 bits per heavy atom. The third-order valence-corrected chi connectivity index (χ3v) is 5.02. The van der Waals surface area contributed by atoms with E-state index in [0.29, 0.717) is 11.6 Å². The maximum atomic E-state index is 13.5. The van der Waals surface area contributed by atoms with E-state index in [2.05, 4.69) is 9.88 Å². The summed E-state index contributed by atoms with van der Waals surface area (Å²) in [6.45, 7) is 1.52. The fourth-order valence-electron chi connectivity index (χ4n) is 3.36. The molecule has 0 aliphatic carbocycles. The maximum Gasteiger partial charge on any atom is 0.270 e. The second-order valence-electron chi connectivity index (χ2n) is 6.36. The summed E-state index contributed by atoms with van der Waals surface area (Å²) in [5.74, 6) is -2.83. The summed E-state index contributed by atoms with van der Waals surface area (Å²) in [5, 5.41) is 4.22. The molecule has 0 radical (unpaired) electrons. The summed E-state index contributed by atoms with van der Waals surface area (Å²) in [7, 11) is 0. The van der Waals surface area contributed by atoms with Gasteiger partial charge in [0.25, 0.3) is 5.92 Å². The first-order chi connectivity index (χ1) is 11.9. The minimum atomic E-state index is -2.83. The summed E-state index contributed by atoms with van der Waals surface area (Å²) in [5.41, 5.74) is 4.08. The van der Waals surface area contributed by atoms with Crippen LogP contribution in [0.3, 0.4) is 0 Å². The average molecular weight is 395 g/mol. The van der Waals surface area contributed by atoms with E-state index >= 15 is 0 Å². The summed E-state index contributed by atoms with van der Waals surface area (Å²) in [6.07, 6.45) is 2.00. The van der Waals surface area contributed by atoms with Crippen LogP contribution < -0.4 is 5.32 Å². The topological polar surface area (TPSA) is 17.0 Å². The van der Waals surface area contributed by atoms with Crippen molar-refractivity contribution >= 4 is 24.0 Å². The molecule has 1 aliphatic rings. The normalized spacial score (nSPS) is 16.2. The quantitative estimate of drug-likeness (QED) is 0.576. The third-order valence-electron chi connectivity index (χ3n) is 4.66. The largest absolute Gasteiger partial charge is 0.319 e. The molecule has 1 N–H and O–H groups in total. The lowest BCUT2D eigenvalue weighted by molar-refractivity contribution is 0.0174. The second kappa shape index (κ2) is 7.03. The zero-order chi connectivity index (χ0) is 17.6. The van der Waals surface area contributed by atoms with Crippen LogP contribution in [-0.2, 0) is 12.5 Å². The fourth-order valence-corrected chi connectivity index (χ4v) is 3.60. The fraction of sp³-hybridized carbons (Fsp3) is 0.200. The minimum Gasteiger partial charge on any atom is -0.319 e. The molecule has 3 aromatic rings. The highest BCUT2D eigenvalue weighted by atomic mass is 35.5. The van der Waals surface area contributed by atoms with Gasteiger partial charge in [-0.05, 0) is 29.8 Å². The SMILES string of the molecule is CC(F)(F)c1ccc([C@H]2NCc3c(Cl)cccc3-n3cccc32)cc1.Cl. The van der Waals surface area contributed by atoms with E-state index in [1.807, 2.05) is 36.5 Å². The lowest BCUT2D eigenvalue weighted by atomic mass is 10.0.